The lowest BCUT2D eigenvalue weighted by Crippen LogP contribution is -2.24. The SMILES string of the molecule is O=C(c1cc(F)ccc1F)C1OCCc2ccccc21. The molecule has 20 heavy (non-hydrogen) atoms. The minimum absolute atomic E-state index is 0.272. The number of Topliss-reactive ketones (excluding diaryl/α,β-unsaturated/α-hetero) is 1. The first kappa shape index (κ1) is 12.9. The monoisotopic (exact) mass is 274 g/mol. The van der Waals surface area contributed by atoms with E-state index in [0.29, 0.717) is 13.0 Å². The molecule has 0 saturated carbocycles. The highest BCUT2D eigenvalue weighted by atomic mass is 19.1. The summed E-state index contributed by atoms with van der Waals surface area (Å²) in [5.41, 5.74) is 1.47. The van der Waals surface area contributed by atoms with Gasteiger partial charge in [0.1, 0.15) is 17.7 Å². The van der Waals surface area contributed by atoms with E-state index in [2.05, 4.69) is 0 Å². The average molecular weight is 274 g/mol. The third-order valence-corrected chi connectivity index (χ3v) is 3.43. The van der Waals surface area contributed by atoms with Crippen LogP contribution in [0.4, 0.5) is 8.78 Å². The maximum atomic E-state index is 13.7. The molecule has 2 aromatic rings. The number of ketones is 1. The highest BCUT2D eigenvalue weighted by Crippen LogP contribution is 2.30. The van der Waals surface area contributed by atoms with Gasteiger partial charge in [-0.15, -0.1) is 0 Å². The fourth-order valence-electron chi connectivity index (χ4n) is 2.44. The molecule has 0 aliphatic carbocycles. The van der Waals surface area contributed by atoms with Gasteiger partial charge < -0.3 is 4.74 Å². The smallest absolute Gasteiger partial charge is 0.199 e. The Morgan fingerprint density at radius 2 is 1.95 bits per heavy atom. The molecule has 3 rings (SSSR count). The zero-order valence-electron chi connectivity index (χ0n) is 10.6. The molecule has 0 amide bonds. The van der Waals surface area contributed by atoms with Crippen LogP contribution in [0.15, 0.2) is 42.5 Å². The average Bonchev–Trinajstić information content (AvgIpc) is 2.48. The summed E-state index contributed by atoms with van der Waals surface area (Å²) in [7, 11) is 0. The van der Waals surface area contributed by atoms with Gasteiger partial charge in [0.15, 0.2) is 5.78 Å². The van der Waals surface area contributed by atoms with Crippen molar-refractivity contribution in [3.63, 3.8) is 0 Å². The van der Waals surface area contributed by atoms with Crippen molar-refractivity contribution in [2.75, 3.05) is 6.61 Å². The fraction of sp³-hybridized carbons (Fsp3) is 0.188. The second-order valence-corrected chi connectivity index (χ2v) is 4.69. The van der Waals surface area contributed by atoms with Crippen LogP contribution in [0.2, 0.25) is 0 Å². The van der Waals surface area contributed by atoms with Gasteiger partial charge in [0.2, 0.25) is 0 Å². The molecular formula is C16H12F2O2. The zero-order chi connectivity index (χ0) is 14.1. The topological polar surface area (TPSA) is 26.3 Å². The van der Waals surface area contributed by atoms with Crippen LogP contribution >= 0.6 is 0 Å². The van der Waals surface area contributed by atoms with Crippen LogP contribution in [0.5, 0.6) is 0 Å². The summed E-state index contributed by atoms with van der Waals surface area (Å²) >= 11 is 0. The Kier molecular flexibility index (Phi) is 3.32. The fourth-order valence-corrected chi connectivity index (χ4v) is 2.44. The quantitative estimate of drug-likeness (QED) is 0.784. The van der Waals surface area contributed by atoms with Crippen LogP contribution in [-0.2, 0) is 11.2 Å². The molecule has 0 bridgehead atoms. The Morgan fingerprint density at radius 1 is 1.15 bits per heavy atom. The van der Waals surface area contributed by atoms with E-state index in [9.17, 15) is 13.6 Å². The molecule has 0 radical (unpaired) electrons. The molecular weight excluding hydrogens is 262 g/mol. The van der Waals surface area contributed by atoms with Gasteiger partial charge in [0.05, 0.1) is 12.2 Å². The van der Waals surface area contributed by atoms with E-state index < -0.39 is 23.5 Å². The Bertz CT molecular complexity index is 667. The summed E-state index contributed by atoms with van der Waals surface area (Å²) in [5.74, 6) is -1.92. The van der Waals surface area contributed by atoms with Crippen molar-refractivity contribution in [2.24, 2.45) is 0 Å². The number of hydrogen-bond donors (Lipinski definition) is 0. The molecule has 0 fully saturated rings. The third kappa shape index (κ3) is 2.23. The van der Waals surface area contributed by atoms with Crippen molar-refractivity contribution in [2.45, 2.75) is 12.5 Å². The highest BCUT2D eigenvalue weighted by molar-refractivity contribution is 6.00. The molecule has 1 aliphatic heterocycles. The van der Waals surface area contributed by atoms with Crippen LogP contribution in [-0.4, -0.2) is 12.4 Å². The van der Waals surface area contributed by atoms with E-state index in [4.69, 9.17) is 4.74 Å². The summed E-state index contributed by atoms with van der Waals surface area (Å²) in [6.45, 7) is 0.393. The Hall–Kier alpha value is -2.07. The van der Waals surface area contributed by atoms with Crippen LogP contribution < -0.4 is 0 Å². The molecule has 1 unspecified atom stereocenters. The van der Waals surface area contributed by atoms with E-state index in [1.807, 2.05) is 12.1 Å². The van der Waals surface area contributed by atoms with Crippen molar-refractivity contribution in [3.8, 4) is 0 Å². The summed E-state index contributed by atoms with van der Waals surface area (Å²) < 4.78 is 32.4. The van der Waals surface area contributed by atoms with E-state index in [0.717, 1.165) is 29.3 Å². The minimum atomic E-state index is -0.865. The van der Waals surface area contributed by atoms with Crippen molar-refractivity contribution in [3.05, 3.63) is 70.8 Å². The lowest BCUT2D eigenvalue weighted by atomic mass is 9.92. The van der Waals surface area contributed by atoms with Crippen molar-refractivity contribution in [1.82, 2.24) is 0 Å². The van der Waals surface area contributed by atoms with E-state index in [1.165, 1.54) is 0 Å². The summed E-state index contributed by atoms with van der Waals surface area (Å²) in [4.78, 5) is 12.4. The highest BCUT2D eigenvalue weighted by Gasteiger charge is 2.29. The predicted octanol–water partition coefficient (Wildman–Crippen LogP) is 3.46. The Balaban J connectivity index is 2.02. The Labute approximate surface area is 115 Å². The Morgan fingerprint density at radius 3 is 2.80 bits per heavy atom. The van der Waals surface area contributed by atoms with Gasteiger partial charge in [-0.2, -0.15) is 0 Å². The first-order chi connectivity index (χ1) is 9.66. The van der Waals surface area contributed by atoms with Gasteiger partial charge in [-0.05, 0) is 35.7 Å². The normalized spacial score (nSPS) is 17.6. The van der Waals surface area contributed by atoms with E-state index in [-0.39, 0.29) is 5.56 Å². The summed E-state index contributed by atoms with van der Waals surface area (Å²) in [5, 5.41) is 0. The van der Waals surface area contributed by atoms with Gasteiger partial charge in [-0.1, -0.05) is 24.3 Å². The lowest BCUT2D eigenvalue weighted by Gasteiger charge is -2.25. The molecule has 2 aromatic carbocycles. The number of ether oxygens (including phenoxy) is 1. The number of carbonyl (C=O) groups is 1. The molecule has 1 heterocycles. The molecule has 1 atom stereocenters. The number of fused-ring (bicyclic) bond motifs is 1. The van der Waals surface area contributed by atoms with Crippen molar-refractivity contribution >= 4 is 5.78 Å². The van der Waals surface area contributed by atoms with Gasteiger partial charge in [-0.25, -0.2) is 8.78 Å². The van der Waals surface area contributed by atoms with E-state index >= 15 is 0 Å². The summed E-state index contributed by atoms with van der Waals surface area (Å²) in [6.07, 6.45) is -0.151. The van der Waals surface area contributed by atoms with Gasteiger partial charge in [-0.3, -0.25) is 4.79 Å². The molecule has 102 valence electrons. The standard InChI is InChI=1S/C16H12F2O2/c17-11-5-6-14(18)13(9-11)15(19)16-12-4-2-1-3-10(12)7-8-20-16/h1-6,9,16H,7-8H2. The van der Waals surface area contributed by atoms with Crippen LogP contribution in [0.25, 0.3) is 0 Å². The number of carbonyl (C=O) groups excluding carboxylic acids is 1. The zero-order valence-corrected chi connectivity index (χ0v) is 10.6. The number of rotatable bonds is 2. The van der Waals surface area contributed by atoms with Crippen LogP contribution in [0, 0.1) is 11.6 Å². The molecule has 0 spiro atoms. The van der Waals surface area contributed by atoms with Crippen LogP contribution in [0.1, 0.15) is 27.6 Å². The molecule has 0 saturated heterocycles. The van der Waals surface area contributed by atoms with Gasteiger partial charge >= 0.3 is 0 Å². The molecule has 2 nitrogen and oxygen atoms in total. The molecule has 0 N–H and O–H groups in total. The van der Waals surface area contributed by atoms with E-state index in [1.54, 1.807) is 12.1 Å². The maximum Gasteiger partial charge on any atom is 0.199 e. The predicted molar refractivity (Wildman–Crippen MR) is 69.5 cm³/mol. The molecule has 1 aliphatic rings. The largest absolute Gasteiger partial charge is 0.365 e. The first-order valence-electron chi connectivity index (χ1n) is 6.35. The molecule has 0 aromatic heterocycles. The van der Waals surface area contributed by atoms with Crippen LogP contribution in [0.3, 0.4) is 0 Å². The number of benzene rings is 2. The van der Waals surface area contributed by atoms with Gasteiger partial charge in [0.25, 0.3) is 0 Å². The van der Waals surface area contributed by atoms with Crippen molar-refractivity contribution in [1.29, 1.82) is 0 Å². The third-order valence-electron chi connectivity index (χ3n) is 3.43. The van der Waals surface area contributed by atoms with Gasteiger partial charge in [0, 0.05) is 0 Å². The molecule has 4 heteroatoms. The lowest BCUT2D eigenvalue weighted by molar-refractivity contribution is 0.0345. The maximum absolute atomic E-state index is 13.7. The second kappa shape index (κ2) is 5.13. The first-order valence-corrected chi connectivity index (χ1v) is 6.35. The number of halogens is 2. The second-order valence-electron chi connectivity index (χ2n) is 4.69. The number of hydrogen-bond acceptors (Lipinski definition) is 2. The summed E-state index contributed by atoms with van der Waals surface area (Å²) in [6, 6.07) is 10.2. The minimum Gasteiger partial charge on any atom is -0.365 e. The van der Waals surface area contributed by atoms with Crippen molar-refractivity contribution < 1.29 is 18.3 Å².